The van der Waals surface area contributed by atoms with E-state index in [0.717, 1.165) is 48.5 Å². The molecule has 0 bridgehead atoms. The molecule has 2 aromatic rings. The van der Waals surface area contributed by atoms with Crippen molar-refractivity contribution in [3.05, 3.63) is 83.3 Å². The zero-order valence-corrected chi connectivity index (χ0v) is 14.6. The molecule has 30 heavy (non-hydrogen) atoms. The molecule has 2 rings (SSSR count). The first kappa shape index (κ1) is 23.3. The molecule has 0 unspecified atom stereocenters. The van der Waals surface area contributed by atoms with E-state index in [1.165, 1.54) is 23.6 Å². The monoisotopic (exact) mass is 440 g/mol. The van der Waals surface area contributed by atoms with E-state index in [-0.39, 0.29) is 0 Å². The Labute approximate surface area is 163 Å². The van der Waals surface area contributed by atoms with Crippen LogP contribution in [0, 0.1) is 0 Å². The minimum absolute atomic E-state index is 0.782. The maximum Gasteiger partial charge on any atom is 0.458 e. The first-order valence-electron chi connectivity index (χ1n) is 7.96. The molecule has 0 amide bonds. The van der Waals surface area contributed by atoms with Crippen molar-refractivity contribution in [1.29, 1.82) is 0 Å². The fraction of sp³-hybridized carbons (Fsp3) is 0.200. The third-order valence-electron chi connectivity index (χ3n) is 3.78. The van der Waals surface area contributed by atoms with Crippen LogP contribution in [0.3, 0.4) is 0 Å². The van der Waals surface area contributed by atoms with Crippen molar-refractivity contribution in [1.82, 2.24) is 0 Å². The van der Waals surface area contributed by atoms with Gasteiger partial charge in [0.15, 0.2) is 0 Å². The summed E-state index contributed by atoms with van der Waals surface area (Å²) in [5, 5.41) is 0. The van der Waals surface area contributed by atoms with Crippen molar-refractivity contribution in [3.63, 3.8) is 0 Å². The second-order valence-corrected chi connectivity index (χ2v) is 5.88. The SMILES string of the molecule is FC(F)(F)C(F)(F)C(=C=C=C(c1ccccc1)C(F)(F)C(F)(F)F)c1ccccc1. The van der Waals surface area contributed by atoms with Crippen LogP contribution in [0.1, 0.15) is 11.1 Å². The van der Waals surface area contributed by atoms with Crippen LogP contribution in [0.15, 0.2) is 72.1 Å². The smallest absolute Gasteiger partial charge is 0.190 e. The average molecular weight is 440 g/mol. The minimum Gasteiger partial charge on any atom is -0.190 e. The van der Waals surface area contributed by atoms with E-state index in [4.69, 9.17) is 0 Å². The molecule has 0 aliphatic carbocycles. The normalized spacial score (nSPS) is 12.7. The number of allylic oxidation sites excluding steroid dienone is 2. The van der Waals surface area contributed by atoms with E-state index >= 15 is 0 Å². The molecule has 160 valence electrons. The minimum atomic E-state index is -6.16. The molecule has 0 atom stereocenters. The van der Waals surface area contributed by atoms with Gasteiger partial charge in [0, 0.05) is 0 Å². The maximum absolute atomic E-state index is 14.0. The molecule has 0 radical (unpaired) electrons. The van der Waals surface area contributed by atoms with Crippen LogP contribution in [0.5, 0.6) is 0 Å². The van der Waals surface area contributed by atoms with E-state index in [1.54, 1.807) is 0 Å². The summed E-state index contributed by atoms with van der Waals surface area (Å²) >= 11 is 0. The number of halogens is 10. The summed E-state index contributed by atoms with van der Waals surface area (Å²) in [5.41, 5.74) is -3.00. The van der Waals surface area contributed by atoms with Crippen molar-refractivity contribution in [3.8, 4) is 0 Å². The van der Waals surface area contributed by atoms with E-state index < -0.39 is 46.5 Å². The van der Waals surface area contributed by atoms with Crippen LogP contribution in [-0.2, 0) is 0 Å². The zero-order chi connectivity index (χ0) is 22.8. The Morgan fingerprint density at radius 2 is 0.733 bits per heavy atom. The number of hydrogen-bond donors (Lipinski definition) is 0. The molecule has 2 aromatic carbocycles. The van der Waals surface area contributed by atoms with Crippen LogP contribution < -0.4 is 0 Å². The van der Waals surface area contributed by atoms with Crippen LogP contribution >= 0.6 is 0 Å². The quantitative estimate of drug-likeness (QED) is 0.346. The van der Waals surface area contributed by atoms with E-state index in [9.17, 15) is 43.9 Å². The fourth-order valence-electron chi connectivity index (χ4n) is 2.28. The second kappa shape index (κ2) is 8.05. The summed E-state index contributed by atoms with van der Waals surface area (Å²) in [4.78, 5) is 0. The topological polar surface area (TPSA) is 0 Å². The van der Waals surface area contributed by atoms with Crippen molar-refractivity contribution in [2.24, 2.45) is 0 Å². The van der Waals surface area contributed by atoms with Gasteiger partial charge in [0.1, 0.15) is 0 Å². The molecule has 0 saturated carbocycles. The second-order valence-electron chi connectivity index (χ2n) is 5.88. The van der Waals surface area contributed by atoms with E-state index in [1.807, 2.05) is 0 Å². The van der Waals surface area contributed by atoms with Crippen LogP contribution in [0.2, 0.25) is 0 Å². The van der Waals surface area contributed by atoms with Gasteiger partial charge in [-0.1, -0.05) is 72.1 Å². The van der Waals surface area contributed by atoms with E-state index in [2.05, 4.69) is 0 Å². The first-order valence-corrected chi connectivity index (χ1v) is 7.96. The fourth-order valence-corrected chi connectivity index (χ4v) is 2.28. The molecule has 0 spiro atoms. The summed E-state index contributed by atoms with van der Waals surface area (Å²) in [5.74, 6) is -11.2. The van der Waals surface area contributed by atoms with Gasteiger partial charge >= 0.3 is 24.2 Å². The highest BCUT2D eigenvalue weighted by Crippen LogP contribution is 2.46. The zero-order valence-electron chi connectivity index (χ0n) is 14.6. The Morgan fingerprint density at radius 1 is 0.467 bits per heavy atom. The summed E-state index contributed by atoms with van der Waals surface area (Å²) < 4.78 is 133. The van der Waals surface area contributed by atoms with Crippen molar-refractivity contribution >= 4 is 11.1 Å². The molecule has 0 fully saturated rings. The van der Waals surface area contributed by atoms with Gasteiger partial charge in [-0.25, -0.2) is 0 Å². The number of hydrogen-bond acceptors (Lipinski definition) is 0. The largest absolute Gasteiger partial charge is 0.458 e. The average Bonchev–Trinajstić information content (AvgIpc) is 2.64. The molecule has 0 heterocycles. The van der Waals surface area contributed by atoms with Gasteiger partial charge in [-0.05, 0) is 11.1 Å². The highest BCUT2D eigenvalue weighted by Gasteiger charge is 2.62. The Morgan fingerprint density at radius 3 is 0.967 bits per heavy atom. The van der Waals surface area contributed by atoms with Crippen LogP contribution in [0.4, 0.5) is 43.9 Å². The van der Waals surface area contributed by atoms with Gasteiger partial charge in [-0.3, -0.25) is 0 Å². The lowest BCUT2D eigenvalue weighted by Gasteiger charge is -2.22. The molecule has 0 aliphatic heterocycles. The first-order chi connectivity index (χ1) is 13.7. The molecule has 0 N–H and O–H groups in total. The van der Waals surface area contributed by atoms with Gasteiger partial charge < -0.3 is 0 Å². The summed E-state index contributed by atoms with van der Waals surface area (Å²) in [7, 11) is 0. The molecule has 0 aliphatic rings. The molecule has 0 nitrogen and oxygen atoms in total. The summed E-state index contributed by atoms with van der Waals surface area (Å²) in [6.07, 6.45) is -12.3. The number of rotatable bonds is 4. The summed E-state index contributed by atoms with van der Waals surface area (Å²) in [6.45, 7) is 0. The lowest BCUT2D eigenvalue weighted by molar-refractivity contribution is -0.254. The Balaban J connectivity index is 2.98. The molecule has 10 heteroatoms. The Hall–Kier alpha value is -2.96. The highest BCUT2D eigenvalue weighted by atomic mass is 19.4. The van der Waals surface area contributed by atoms with Gasteiger partial charge in [-0.15, -0.1) is 0 Å². The summed E-state index contributed by atoms with van der Waals surface area (Å²) in [6, 6.07) is 10.1. The van der Waals surface area contributed by atoms with Gasteiger partial charge in [-0.2, -0.15) is 43.9 Å². The van der Waals surface area contributed by atoms with Gasteiger partial charge in [0.2, 0.25) is 0 Å². The number of benzene rings is 2. The van der Waals surface area contributed by atoms with Gasteiger partial charge in [0.25, 0.3) is 0 Å². The third-order valence-corrected chi connectivity index (χ3v) is 3.78. The third kappa shape index (κ3) is 4.61. The van der Waals surface area contributed by atoms with Crippen molar-refractivity contribution < 1.29 is 43.9 Å². The predicted molar refractivity (Wildman–Crippen MR) is 88.7 cm³/mol. The van der Waals surface area contributed by atoms with Crippen molar-refractivity contribution in [2.75, 3.05) is 0 Å². The van der Waals surface area contributed by atoms with Crippen molar-refractivity contribution in [2.45, 2.75) is 24.2 Å². The molecule has 0 aromatic heterocycles. The standard InChI is InChI=1S/C20H10F10/c21-17(22,19(25,26)27)15(13-7-3-1-4-8-13)11-12-16(14-9-5-2-6-10-14)18(23,24)20(28,29)30/h1-10H. The van der Waals surface area contributed by atoms with E-state index in [0.29, 0.717) is 0 Å². The molecular weight excluding hydrogens is 430 g/mol. The Bertz CT molecular complexity index is 888. The lowest BCUT2D eigenvalue weighted by atomic mass is 9.98. The maximum atomic E-state index is 14.0. The Kier molecular flexibility index (Phi) is 6.26. The molecule has 0 saturated heterocycles. The van der Waals surface area contributed by atoms with Gasteiger partial charge in [0.05, 0.1) is 11.1 Å². The highest BCUT2D eigenvalue weighted by molar-refractivity contribution is 5.75. The molecular formula is C20H10F10. The lowest BCUT2D eigenvalue weighted by Crippen LogP contribution is -2.37. The number of alkyl halides is 10. The van der Waals surface area contributed by atoms with Crippen LogP contribution in [-0.4, -0.2) is 24.2 Å². The van der Waals surface area contributed by atoms with Crippen LogP contribution in [0.25, 0.3) is 11.1 Å². The predicted octanol–water partition coefficient (Wildman–Crippen LogP) is 7.30.